The van der Waals surface area contributed by atoms with E-state index in [1.54, 1.807) is 6.20 Å². The Hall–Kier alpha value is -2.48. The van der Waals surface area contributed by atoms with Gasteiger partial charge in [0.1, 0.15) is 11.9 Å². The van der Waals surface area contributed by atoms with Gasteiger partial charge in [-0.2, -0.15) is 0 Å². The van der Waals surface area contributed by atoms with Crippen molar-refractivity contribution in [2.75, 3.05) is 30.0 Å². The number of hydrogen-bond acceptors (Lipinski definition) is 6. The first-order chi connectivity index (χ1) is 16.0. The topological polar surface area (TPSA) is 72.9 Å². The molecule has 0 saturated carbocycles. The molecule has 1 N–H and O–H groups in total. The van der Waals surface area contributed by atoms with Gasteiger partial charge in [-0.3, -0.25) is 4.79 Å². The monoisotopic (exact) mass is 451 g/mol. The number of nitrogens with zero attached hydrogens (tertiary/aromatic N) is 2. The van der Waals surface area contributed by atoms with Crippen molar-refractivity contribution in [1.29, 1.82) is 0 Å². The number of rotatable bonds is 4. The van der Waals surface area contributed by atoms with Crippen LogP contribution >= 0.6 is 0 Å². The Bertz CT molecular complexity index is 1000. The number of ether oxygens (including phenoxy) is 3. The van der Waals surface area contributed by atoms with Crippen molar-refractivity contribution in [3.05, 3.63) is 47.7 Å². The van der Waals surface area contributed by atoms with Crippen molar-refractivity contribution >= 4 is 23.1 Å². The molecule has 0 spiro atoms. The summed E-state index contributed by atoms with van der Waals surface area (Å²) in [6.45, 7) is 8.65. The van der Waals surface area contributed by atoms with Crippen LogP contribution in [-0.4, -0.2) is 49.0 Å². The van der Waals surface area contributed by atoms with Gasteiger partial charge in [-0.25, -0.2) is 4.98 Å². The summed E-state index contributed by atoms with van der Waals surface area (Å²) in [5, 5.41) is 3.45. The zero-order chi connectivity index (χ0) is 22.9. The lowest BCUT2D eigenvalue weighted by Crippen LogP contribution is -2.44. The van der Waals surface area contributed by atoms with Gasteiger partial charge in [0, 0.05) is 24.3 Å². The third-order valence-corrected chi connectivity index (χ3v) is 6.82. The summed E-state index contributed by atoms with van der Waals surface area (Å²) in [5.41, 5.74) is 3.94. The van der Waals surface area contributed by atoms with E-state index in [4.69, 9.17) is 14.2 Å². The second kappa shape index (κ2) is 9.41. The Morgan fingerprint density at radius 2 is 2.09 bits per heavy atom. The maximum atomic E-state index is 13.8. The summed E-state index contributed by atoms with van der Waals surface area (Å²) >= 11 is 0. The maximum Gasteiger partial charge on any atom is 0.256 e. The first kappa shape index (κ1) is 22.3. The van der Waals surface area contributed by atoms with Crippen molar-refractivity contribution in [2.45, 2.75) is 64.4 Å². The van der Waals surface area contributed by atoms with Gasteiger partial charge in [0.05, 0.1) is 43.3 Å². The molecule has 5 rings (SSSR count). The van der Waals surface area contributed by atoms with E-state index in [0.29, 0.717) is 38.0 Å². The van der Waals surface area contributed by atoms with Gasteiger partial charge < -0.3 is 24.4 Å². The van der Waals surface area contributed by atoms with E-state index in [-0.39, 0.29) is 18.1 Å². The fourth-order valence-corrected chi connectivity index (χ4v) is 5.04. The summed E-state index contributed by atoms with van der Waals surface area (Å²) < 4.78 is 17.6. The van der Waals surface area contributed by atoms with Crippen LogP contribution in [0.1, 0.15) is 50.7 Å². The first-order valence-corrected chi connectivity index (χ1v) is 12.0. The van der Waals surface area contributed by atoms with E-state index < -0.39 is 6.10 Å². The van der Waals surface area contributed by atoms with E-state index in [1.165, 1.54) is 5.56 Å². The average Bonchev–Trinajstić information content (AvgIpc) is 3.16. The van der Waals surface area contributed by atoms with Gasteiger partial charge >= 0.3 is 0 Å². The van der Waals surface area contributed by atoms with Crippen molar-refractivity contribution in [3.8, 4) is 0 Å². The van der Waals surface area contributed by atoms with Crippen LogP contribution in [0.5, 0.6) is 0 Å². The Morgan fingerprint density at radius 1 is 1.21 bits per heavy atom. The molecule has 2 aromatic rings. The standard InChI is InChI=1S/C26H33N3O4/c1-16(2)33-20-7-9-24(32-14-20)26(30)29-12-19-5-4-10-27-25(19)28-22-8-6-18(11-23(22)29)21-15-31-13-17(21)3/h4-6,8,10-11,16-17,20-21,24H,7,9,12-15H2,1-3H3,(H,27,28)/t17-,20-,21+,24+/m0/s1. The van der Waals surface area contributed by atoms with Crippen molar-refractivity contribution in [3.63, 3.8) is 0 Å². The van der Waals surface area contributed by atoms with E-state index in [0.717, 1.165) is 35.8 Å². The fraction of sp³-hybridized carbons (Fsp3) is 0.538. The molecule has 2 saturated heterocycles. The highest BCUT2D eigenvalue weighted by atomic mass is 16.5. The van der Waals surface area contributed by atoms with Crippen LogP contribution in [0.25, 0.3) is 0 Å². The zero-order valence-electron chi connectivity index (χ0n) is 19.6. The van der Waals surface area contributed by atoms with E-state index in [2.05, 4.69) is 35.4 Å². The molecule has 1 aromatic heterocycles. The molecular weight excluding hydrogens is 418 g/mol. The van der Waals surface area contributed by atoms with Crippen LogP contribution in [-0.2, 0) is 25.5 Å². The minimum atomic E-state index is -0.472. The highest BCUT2D eigenvalue weighted by Gasteiger charge is 2.35. The molecule has 1 aromatic carbocycles. The van der Waals surface area contributed by atoms with Crippen molar-refractivity contribution in [1.82, 2.24) is 4.98 Å². The molecule has 3 aliphatic heterocycles. The number of aromatic nitrogens is 1. The number of pyridine rings is 1. The SMILES string of the molecule is CC(C)O[C@H]1CC[C@H](C(=O)N2Cc3cccnc3Nc3ccc([C@@H]4COC[C@@H]4C)cc32)OC1. The molecule has 0 aliphatic carbocycles. The summed E-state index contributed by atoms with van der Waals surface area (Å²) in [6, 6.07) is 10.3. The van der Waals surface area contributed by atoms with Crippen LogP contribution in [0.3, 0.4) is 0 Å². The Kier molecular flexibility index (Phi) is 6.36. The van der Waals surface area contributed by atoms with Gasteiger partial charge in [-0.05, 0) is 56.4 Å². The number of amides is 1. The fourth-order valence-electron chi connectivity index (χ4n) is 5.04. The van der Waals surface area contributed by atoms with Gasteiger partial charge in [-0.15, -0.1) is 0 Å². The van der Waals surface area contributed by atoms with Crippen molar-refractivity contribution in [2.24, 2.45) is 5.92 Å². The summed E-state index contributed by atoms with van der Waals surface area (Å²) in [4.78, 5) is 20.2. The normalized spacial score (nSPS) is 27.0. The van der Waals surface area contributed by atoms with Gasteiger partial charge in [0.2, 0.25) is 0 Å². The largest absolute Gasteiger partial charge is 0.381 e. The molecule has 7 heteroatoms. The predicted molar refractivity (Wildman–Crippen MR) is 127 cm³/mol. The second-order valence-electron chi connectivity index (χ2n) is 9.66. The third-order valence-electron chi connectivity index (χ3n) is 6.82. The maximum absolute atomic E-state index is 13.8. The molecule has 3 aliphatic rings. The molecule has 33 heavy (non-hydrogen) atoms. The number of hydrogen-bond donors (Lipinski definition) is 1. The zero-order valence-corrected chi connectivity index (χ0v) is 19.6. The summed E-state index contributed by atoms with van der Waals surface area (Å²) in [7, 11) is 0. The number of carbonyl (C=O) groups is 1. The number of benzene rings is 1. The van der Waals surface area contributed by atoms with E-state index in [9.17, 15) is 4.79 Å². The molecule has 7 nitrogen and oxygen atoms in total. The van der Waals surface area contributed by atoms with E-state index in [1.807, 2.05) is 30.9 Å². The second-order valence-corrected chi connectivity index (χ2v) is 9.66. The molecule has 0 bridgehead atoms. The molecule has 176 valence electrons. The predicted octanol–water partition coefficient (Wildman–Crippen LogP) is 4.39. The molecule has 2 fully saturated rings. The van der Waals surface area contributed by atoms with Gasteiger partial charge in [0.25, 0.3) is 5.91 Å². The minimum Gasteiger partial charge on any atom is -0.381 e. The first-order valence-electron chi connectivity index (χ1n) is 12.0. The Balaban J connectivity index is 1.45. The number of nitrogens with one attached hydrogen (secondary N) is 1. The summed E-state index contributed by atoms with van der Waals surface area (Å²) in [6.07, 6.45) is 2.98. The lowest BCUT2D eigenvalue weighted by atomic mass is 9.89. The number of fused-ring (bicyclic) bond motifs is 2. The third kappa shape index (κ3) is 4.63. The minimum absolute atomic E-state index is 0.00868. The van der Waals surface area contributed by atoms with Crippen LogP contribution < -0.4 is 10.2 Å². The van der Waals surface area contributed by atoms with Crippen molar-refractivity contribution < 1.29 is 19.0 Å². The average molecular weight is 452 g/mol. The molecule has 4 atom stereocenters. The quantitative estimate of drug-likeness (QED) is 0.743. The van der Waals surface area contributed by atoms with E-state index >= 15 is 0 Å². The van der Waals surface area contributed by atoms with Gasteiger partial charge in [-0.1, -0.05) is 19.1 Å². The Labute approximate surface area is 195 Å². The molecule has 0 unspecified atom stereocenters. The molecule has 4 heterocycles. The summed E-state index contributed by atoms with van der Waals surface area (Å²) in [5.74, 6) is 1.56. The molecule has 1 amide bonds. The number of anilines is 3. The van der Waals surface area contributed by atoms with Crippen LogP contribution in [0.2, 0.25) is 0 Å². The van der Waals surface area contributed by atoms with Crippen LogP contribution in [0, 0.1) is 5.92 Å². The molecular formula is C26H33N3O4. The number of carbonyl (C=O) groups excluding carboxylic acids is 1. The highest BCUT2D eigenvalue weighted by Crippen LogP contribution is 2.40. The molecule has 0 radical (unpaired) electrons. The Morgan fingerprint density at radius 3 is 2.82 bits per heavy atom. The lowest BCUT2D eigenvalue weighted by molar-refractivity contribution is -0.143. The highest BCUT2D eigenvalue weighted by molar-refractivity contribution is 6.01. The van der Waals surface area contributed by atoms with Crippen LogP contribution in [0.4, 0.5) is 17.2 Å². The van der Waals surface area contributed by atoms with Crippen LogP contribution in [0.15, 0.2) is 36.5 Å². The smallest absolute Gasteiger partial charge is 0.256 e. The lowest BCUT2D eigenvalue weighted by Gasteiger charge is -2.33. The van der Waals surface area contributed by atoms with Gasteiger partial charge in [0.15, 0.2) is 0 Å².